The van der Waals surface area contributed by atoms with E-state index in [0.29, 0.717) is 16.8 Å². The molecule has 0 fully saturated rings. The van der Waals surface area contributed by atoms with Gasteiger partial charge in [0.1, 0.15) is 5.75 Å². The van der Waals surface area contributed by atoms with Crippen molar-refractivity contribution >= 4 is 22.5 Å². The average Bonchev–Trinajstić information content (AvgIpc) is 2.39. The van der Waals surface area contributed by atoms with Gasteiger partial charge in [0.25, 0.3) is 0 Å². The highest BCUT2D eigenvalue weighted by Gasteiger charge is 2.05. The Kier molecular flexibility index (Phi) is 2.78. The van der Waals surface area contributed by atoms with Gasteiger partial charge < -0.3 is 4.74 Å². The number of pyridine rings is 1. The zero-order valence-electron chi connectivity index (χ0n) is 9.25. The number of nitrogens with zero attached hydrogens (tertiary/aromatic N) is 3. The zero-order valence-corrected chi connectivity index (χ0v) is 10.0. The van der Waals surface area contributed by atoms with Crippen LogP contribution in [0.25, 0.3) is 10.9 Å². The first-order chi connectivity index (χ1) is 8.83. The van der Waals surface area contributed by atoms with Crippen molar-refractivity contribution in [2.24, 2.45) is 0 Å². The SMILES string of the molecule is Clc1cncc(Oc2cccc3ncccc23)n1. The van der Waals surface area contributed by atoms with E-state index in [0.717, 1.165) is 10.9 Å². The van der Waals surface area contributed by atoms with E-state index in [-0.39, 0.29) is 0 Å². The van der Waals surface area contributed by atoms with Crippen LogP contribution in [0.4, 0.5) is 0 Å². The lowest BCUT2D eigenvalue weighted by molar-refractivity contribution is 0.465. The molecular weight excluding hydrogens is 250 g/mol. The number of benzene rings is 1. The van der Waals surface area contributed by atoms with Gasteiger partial charge in [0, 0.05) is 11.6 Å². The van der Waals surface area contributed by atoms with Crippen molar-refractivity contribution in [2.45, 2.75) is 0 Å². The predicted octanol–water partition coefficient (Wildman–Crippen LogP) is 3.47. The Labute approximate surface area is 108 Å². The lowest BCUT2D eigenvalue weighted by Gasteiger charge is -2.07. The van der Waals surface area contributed by atoms with Gasteiger partial charge in [0.15, 0.2) is 5.15 Å². The summed E-state index contributed by atoms with van der Waals surface area (Å²) in [5, 5.41) is 1.22. The highest BCUT2D eigenvalue weighted by atomic mass is 35.5. The Morgan fingerprint density at radius 2 is 2.00 bits per heavy atom. The number of hydrogen-bond donors (Lipinski definition) is 0. The van der Waals surface area contributed by atoms with Crippen LogP contribution < -0.4 is 4.74 Å². The predicted molar refractivity (Wildman–Crippen MR) is 68.9 cm³/mol. The number of rotatable bonds is 2. The molecule has 3 rings (SSSR count). The number of hydrogen-bond acceptors (Lipinski definition) is 4. The molecule has 0 spiro atoms. The van der Waals surface area contributed by atoms with Crippen molar-refractivity contribution in [3.63, 3.8) is 0 Å². The molecular formula is C13H8ClN3O. The minimum atomic E-state index is 0.297. The molecule has 88 valence electrons. The van der Waals surface area contributed by atoms with Crippen LogP contribution in [0.15, 0.2) is 48.9 Å². The van der Waals surface area contributed by atoms with Crippen molar-refractivity contribution in [3.05, 3.63) is 54.1 Å². The first-order valence-electron chi connectivity index (χ1n) is 5.32. The molecule has 0 amide bonds. The van der Waals surface area contributed by atoms with Gasteiger partial charge in [-0.3, -0.25) is 9.97 Å². The van der Waals surface area contributed by atoms with E-state index < -0.39 is 0 Å². The van der Waals surface area contributed by atoms with Crippen molar-refractivity contribution in [1.29, 1.82) is 0 Å². The Morgan fingerprint density at radius 3 is 2.89 bits per heavy atom. The Morgan fingerprint density at radius 1 is 1.06 bits per heavy atom. The quantitative estimate of drug-likeness (QED) is 0.705. The van der Waals surface area contributed by atoms with Gasteiger partial charge in [-0.15, -0.1) is 0 Å². The molecule has 5 heteroatoms. The Hall–Kier alpha value is -2.20. The number of ether oxygens (including phenoxy) is 1. The van der Waals surface area contributed by atoms with Gasteiger partial charge in [0.2, 0.25) is 5.88 Å². The molecule has 2 heterocycles. The second-order valence-corrected chi connectivity index (χ2v) is 4.00. The fourth-order valence-electron chi connectivity index (χ4n) is 1.65. The molecule has 3 aromatic rings. The summed E-state index contributed by atoms with van der Waals surface area (Å²) in [6, 6.07) is 9.45. The van der Waals surface area contributed by atoms with Gasteiger partial charge in [-0.05, 0) is 24.3 Å². The number of halogens is 1. The Balaban J connectivity index is 2.05. The standard InChI is InChI=1S/C13H8ClN3O/c14-12-7-15-8-13(17-12)18-11-5-1-4-10-9(11)3-2-6-16-10/h1-8H. The molecule has 0 aliphatic heterocycles. The summed E-state index contributed by atoms with van der Waals surface area (Å²) in [7, 11) is 0. The largest absolute Gasteiger partial charge is 0.437 e. The van der Waals surface area contributed by atoms with Gasteiger partial charge in [-0.25, -0.2) is 0 Å². The van der Waals surface area contributed by atoms with Crippen LogP contribution in [0.5, 0.6) is 11.6 Å². The van der Waals surface area contributed by atoms with Crippen molar-refractivity contribution < 1.29 is 4.74 Å². The summed E-state index contributed by atoms with van der Waals surface area (Å²) in [5.74, 6) is 1.04. The fraction of sp³-hybridized carbons (Fsp3) is 0. The van der Waals surface area contributed by atoms with E-state index in [1.54, 1.807) is 6.20 Å². The molecule has 0 saturated heterocycles. The molecule has 0 atom stereocenters. The summed E-state index contributed by atoms with van der Waals surface area (Å²) >= 11 is 5.76. The molecule has 0 unspecified atom stereocenters. The maximum atomic E-state index is 5.76. The third-order valence-corrected chi connectivity index (χ3v) is 2.59. The normalized spacial score (nSPS) is 10.5. The zero-order chi connectivity index (χ0) is 12.4. The smallest absolute Gasteiger partial charge is 0.239 e. The molecule has 0 aliphatic carbocycles. The first kappa shape index (κ1) is 10.9. The van der Waals surface area contributed by atoms with Crippen LogP contribution in [0.2, 0.25) is 5.15 Å². The molecule has 0 aliphatic rings. The molecule has 0 radical (unpaired) electrons. The summed E-state index contributed by atoms with van der Waals surface area (Å²) in [5.41, 5.74) is 0.866. The fourth-order valence-corrected chi connectivity index (χ4v) is 1.79. The molecule has 18 heavy (non-hydrogen) atoms. The van der Waals surface area contributed by atoms with Crippen LogP contribution in [0.1, 0.15) is 0 Å². The monoisotopic (exact) mass is 257 g/mol. The van der Waals surface area contributed by atoms with Gasteiger partial charge in [-0.1, -0.05) is 17.7 Å². The lowest BCUT2D eigenvalue weighted by atomic mass is 10.2. The lowest BCUT2D eigenvalue weighted by Crippen LogP contribution is -1.90. The molecule has 1 aromatic carbocycles. The second-order valence-electron chi connectivity index (χ2n) is 3.61. The summed E-state index contributed by atoms with van der Waals surface area (Å²) in [6.07, 6.45) is 4.71. The van der Waals surface area contributed by atoms with Crippen LogP contribution >= 0.6 is 11.6 Å². The highest BCUT2D eigenvalue weighted by Crippen LogP contribution is 2.27. The van der Waals surface area contributed by atoms with E-state index >= 15 is 0 Å². The van der Waals surface area contributed by atoms with Gasteiger partial charge >= 0.3 is 0 Å². The van der Waals surface area contributed by atoms with Crippen molar-refractivity contribution in [1.82, 2.24) is 15.0 Å². The number of aromatic nitrogens is 3. The number of fused-ring (bicyclic) bond motifs is 1. The maximum absolute atomic E-state index is 5.76. The molecule has 0 bridgehead atoms. The third kappa shape index (κ3) is 2.10. The highest BCUT2D eigenvalue weighted by molar-refractivity contribution is 6.29. The second kappa shape index (κ2) is 4.58. The van der Waals surface area contributed by atoms with Crippen LogP contribution in [-0.2, 0) is 0 Å². The van der Waals surface area contributed by atoms with Crippen molar-refractivity contribution in [2.75, 3.05) is 0 Å². The third-order valence-electron chi connectivity index (χ3n) is 2.40. The minimum Gasteiger partial charge on any atom is -0.437 e. The minimum absolute atomic E-state index is 0.297. The maximum Gasteiger partial charge on any atom is 0.239 e. The van der Waals surface area contributed by atoms with E-state index in [4.69, 9.17) is 16.3 Å². The van der Waals surface area contributed by atoms with Crippen molar-refractivity contribution in [3.8, 4) is 11.6 Å². The first-order valence-corrected chi connectivity index (χ1v) is 5.70. The van der Waals surface area contributed by atoms with E-state index in [9.17, 15) is 0 Å². The molecule has 2 aromatic heterocycles. The van der Waals surface area contributed by atoms with Crippen LogP contribution in [0, 0.1) is 0 Å². The molecule has 0 N–H and O–H groups in total. The summed E-state index contributed by atoms with van der Waals surface area (Å²) in [4.78, 5) is 12.2. The Bertz CT molecular complexity index is 697. The van der Waals surface area contributed by atoms with E-state index in [2.05, 4.69) is 15.0 Å². The average molecular weight is 258 g/mol. The van der Waals surface area contributed by atoms with Gasteiger partial charge in [-0.2, -0.15) is 4.98 Å². The van der Waals surface area contributed by atoms with E-state index in [1.165, 1.54) is 12.4 Å². The van der Waals surface area contributed by atoms with Crippen LogP contribution in [-0.4, -0.2) is 15.0 Å². The summed E-state index contributed by atoms with van der Waals surface area (Å²) < 4.78 is 5.67. The molecule has 4 nitrogen and oxygen atoms in total. The van der Waals surface area contributed by atoms with E-state index in [1.807, 2.05) is 30.3 Å². The summed E-state index contributed by atoms with van der Waals surface area (Å²) in [6.45, 7) is 0. The van der Waals surface area contributed by atoms with Crippen LogP contribution in [0.3, 0.4) is 0 Å². The van der Waals surface area contributed by atoms with Gasteiger partial charge in [0.05, 0.1) is 17.9 Å². The topological polar surface area (TPSA) is 47.9 Å². The molecule has 0 saturated carbocycles.